The molecule has 0 saturated carbocycles. The molecule has 1 aliphatic heterocycles. The molecular weight excluding hydrogens is 186 g/mol. The Balaban J connectivity index is 1.99. The van der Waals surface area contributed by atoms with E-state index in [0.29, 0.717) is 5.92 Å². The van der Waals surface area contributed by atoms with Crippen molar-refractivity contribution in [1.82, 2.24) is 5.32 Å². The van der Waals surface area contributed by atoms with Gasteiger partial charge in [-0.25, -0.2) is 0 Å². The Kier molecular flexibility index (Phi) is 3.08. The Morgan fingerprint density at radius 3 is 2.73 bits per heavy atom. The van der Waals surface area contributed by atoms with Crippen LogP contribution in [-0.4, -0.2) is 18.9 Å². The standard InChI is InChI=1S/C13H19NO/c1-11-9-14-13(2,15-10-11)8-12-6-4-3-5-7-12/h3-7,11,14H,8-10H2,1-2H3. The molecule has 1 heterocycles. The number of nitrogens with one attached hydrogen (secondary N) is 1. The van der Waals surface area contributed by atoms with Gasteiger partial charge >= 0.3 is 0 Å². The molecule has 15 heavy (non-hydrogen) atoms. The number of hydrogen-bond donors (Lipinski definition) is 1. The lowest BCUT2D eigenvalue weighted by atomic mass is 10.0. The van der Waals surface area contributed by atoms with E-state index in [1.807, 2.05) is 6.07 Å². The quantitative estimate of drug-likeness (QED) is 0.799. The Morgan fingerprint density at radius 1 is 1.40 bits per heavy atom. The highest BCUT2D eigenvalue weighted by atomic mass is 16.5. The van der Waals surface area contributed by atoms with Gasteiger partial charge < -0.3 is 4.74 Å². The molecule has 82 valence electrons. The monoisotopic (exact) mass is 205 g/mol. The first-order valence-electron chi connectivity index (χ1n) is 5.61. The summed E-state index contributed by atoms with van der Waals surface area (Å²) >= 11 is 0. The highest BCUT2D eigenvalue weighted by molar-refractivity contribution is 5.16. The average molecular weight is 205 g/mol. The van der Waals surface area contributed by atoms with Crippen molar-refractivity contribution in [1.29, 1.82) is 0 Å². The van der Waals surface area contributed by atoms with Crippen molar-refractivity contribution < 1.29 is 4.74 Å². The number of ether oxygens (including phenoxy) is 1. The van der Waals surface area contributed by atoms with Gasteiger partial charge in [0.1, 0.15) is 5.72 Å². The Bertz CT molecular complexity index is 302. The van der Waals surface area contributed by atoms with E-state index in [1.54, 1.807) is 0 Å². The highest BCUT2D eigenvalue weighted by Gasteiger charge is 2.29. The van der Waals surface area contributed by atoms with Crippen molar-refractivity contribution in [3.8, 4) is 0 Å². The highest BCUT2D eigenvalue weighted by Crippen LogP contribution is 2.19. The van der Waals surface area contributed by atoms with Crippen LogP contribution in [0.15, 0.2) is 30.3 Å². The van der Waals surface area contributed by atoms with Gasteiger partial charge in [-0.15, -0.1) is 0 Å². The zero-order valence-corrected chi connectivity index (χ0v) is 9.49. The lowest BCUT2D eigenvalue weighted by Crippen LogP contribution is -2.53. The molecule has 0 bridgehead atoms. The molecule has 1 N–H and O–H groups in total. The second-order valence-corrected chi connectivity index (χ2v) is 4.69. The van der Waals surface area contributed by atoms with Crippen LogP contribution < -0.4 is 5.32 Å². The van der Waals surface area contributed by atoms with Gasteiger partial charge in [-0.05, 0) is 18.4 Å². The van der Waals surface area contributed by atoms with Crippen LogP contribution >= 0.6 is 0 Å². The smallest absolute Gasteiger partial charge is 0.120 e. The van der Waals surface area contributed by atoms with Crippen LogP contribution in [0.3, 0.4) is 0 Å². The molecule has 2 nitrogen and oxygen atoms in total. The molecule has 2 heteroatoms. The third kappa shape index (κ3) is 2.80. The Hall–Kier alpha value is -0.860. The molecular formula is C13H19NO. The minimum atomic E-state index is -0.187. The molecule has 0 aromatic heterocycles. The van der Waals surface area contributed by atoms with Crippen LogP contribution in [0.1, 0.15) is 19.4 Å². The fourth-order valence-electron chi connectivity index (χ4n) is 1.93. The summed E-state index contributed by atoms with van der Waals surface area (Å²) in [6.07, 6.45) is 0.931. The van der Waals surface area contributed by atoms with Gasteiger partial charge in [-0.2, -0.15) is 0 Å². The molecule has 1 fully saturated rings. The number of rotatable bonds is 2. The predicted molar refractivity (Wildman–Crippen MR) is 61.7 cm³/mol. The lowest BCUT2D eigenvalue weighted by molar-refractivity contribution is -0.0997. The zero-order valence-electron chi connectivity index (χ0n) is 9.49. The van der Waals surface area contributed by atoms with Gasteiger partial charge in [0.05, 0.1) is 6.61 Å². The molecule has 2 atom stereocenters. The van der Waals surface area contributed by atoms with Crippen LogP contribution in [0.25, 0.3) is 0 Å². The van der Waals surface area contributed by atoms with E-state index in [2.05, 4.69) is 43.4 Å². The number of benzene rings is 1. The fourth-order valence-corrected chi connectivity index (χ4v) is 1.93. The van der Waals surface area contributed by atoms with Crippen LogP contribution in [0.2, 0.25) is 0 Å². The van der Waals surface area contributed by atoms with E-state index >= 15 is 0 Å². The van der Waals surface area contributed by atoms with Gasteiger partial charge in [0.2, 0.25) is 0 Å². The summed E-state index contributed by atoms with van der Waals surface area (Å²) in [4.78, 5) is 0. The molecule has 0 amide bonds. The predicted octanol–water partition coefficient (Wildman–Crippen LogP) is 2.20. The van der Waals surface area contributed by atoms with Crippen molar-refractivity contribution >= 4 is 0 Å². The molecule has 2 rings (SSSR count). The molecule has 0 spiro atoms. The first kappa shape index (κ1) is 10.7. The Labute approximate surface area is 91.6 Å². The largest absolute Gasteiger partial charge is 0.360 e. The number of hydrogen-bond acceptors (Lipinski definition) is 2. The van der Waals surface area contributed by atoms with Crippen LogP contribution in [0.4, 0.5) is 0 Å². The Morgan fingerprint density at radius 2 is 2.13 bits per heavy atom. The summed E-state index contributed by atoms with van der Waals surface area (Å²) in [5.74, 6) is 0.619. The summed E-state index contributed by atoms with van der Waals surface area (Å²) in [5, 5.41) is 3.47. The van der Waals surface area contributed by atoms with Gasteiger partial charge in [0.15, 0.2) is 0 Å². The van der Waals surface area contributed by atoms with E-state index < -0.39 is 0 Å². The molecule has 0 aliphatic carbocycles. The van der Waals surface area contributed by atoms with Crippen molar-refractivity contribution in [2.24, 2.45) is 5.92 Å². The molecule has 1 aromatic carbocycles. The summed E-state index contributed by atoms with van der Waals surface area (Å²) in [6, 6.07) is 10.5. The third-order valence-corrected chi connectivity index (χ3v) is 2.90. The average Bonchev–Trinajstić information content (AvgIpc) is 2.24. The van der Waals surface area contributed by atoms with Gasteiger partial charge in [-0.1, -0.05) is 37.3 Å². The lowest BCUT2D eigenvalue weighted by Gasteiger charge is -2.38. The topological polar surface area (TPSA) is 21.3 Å². The fraction of sp³-hybridized carbons (Fsp3) is 0.538. The SMILES string of the molecule is CC1CNC(C)(Cc2ccccc2)OC1. The maximum absolute atomic E-state index is 5.87. The third-order valence-electron chi connectivity index (χ3n) is 2.90. The van der Waals surface area contributed by atoms with Crippen molar-refractivity contribution in [3.63, 3.8) is 0 Å². The minimum absolute atomic E-state index is 0.187. The van der Waals surface area contributed by atoms with E-state index in [4.69, 9.17) is 4.74 Å². The molecule has 1 aliphatic rings. The normalized spacial score (nSPS) is 31.5. The maximum Gasteiger partial charge on any atom is 0.120 e. The second kappa shape index (κ2) is 4.33. The van der Waals surface area contributed by atoms with Gasteiger partial charge in [0.25, 0.3) is 0 Å². The van der Waals surface area contributed by atoms with Crippen molar-refractivity contribution in [2.75, 3.05) is 13.2 Å². The summed E-state index contributed by atoms with van der Waals surface area (Å²) in [5.41, 5.74) is 1.13. The van der Waals surface area contributed by atoms with Crippen molar-refractivity contribution in [3.05, 3.63) is 35.9 Å². The minimum Gasteiger partial charge on any atom is -0.360 e. The molecule has 2 unspecified atom stereocenters. The molecule has 0 radical (unpaired) electrons. The van der Waals surface area contributed by atoms with Gasteiger partial charge in [-0.3, -0.25) is 5.32 Å². The maximum atomic E-state index is 5.87. The first-order valence-corrected chi connectivity index (χ1v) is 5.61. The zero-order chi connectivity index (χ0) is 10.7. The molecule has 1 aromatic rings. The van der Waals surface area contributed by atoms with Crippen molar-refractivity contribution in [2.45, 2.75) is 26.0 Å². The van der Waals surface area contributed by atoms with E-state index in [-0.39, 0.29) is 5.72 Å². The van der Waals surface area contributed by atoms with Crippen LogP contribution in [-0.2, 0) is 11.2 Å². The van der Waals surface area contributed by atoms with Crippen LogP contribution in [0.5, 0.6) is 0 Å². The molecule has 1 saturated heterocycles. The second-order valence-electron chi connectivity index (χ2n) is 4.69. The summed E-state index contributed by atoms with van der Waals surface area (Å²) < 4.78 is 5.87. The van der Waals surface area contributed by atoms with Crippen LogP contribution in [0, 0.1) is 5.92 Å². The van der Waals surface area contributed by atoms with Gasteiger partial charge in [0, 0.05) is 13.0 Å². The first-order chi connectivity index (χ1) is 7.18. The van der Waals surface area contributed by atoms with E-state index in [1.165, 1.54) is 5.56 Å². The summed E-state index contributed by atoms with van der Waals surface area (Å²) in [6.45, 7) is 6.24. The summed E-state index contributed by atoms with van der Waals surface area (Å²) in [7, 11) is 0. The van der Waals surface area contributed by atoms with E-state index in [0.717, 1.165) is 19.6 Å². The van der Waals surface area contributed by atoms with E-state index in [9.17, 15) is 0 Å².